The molecule has 2 aromatic heterocycles. The highest BCUT2D eigenvalue weighted by atomic mass is 16.1. The van der Waals surface area contributed by atoms with E-state index in [9.17, 15) is 4.79 Å². The number of nitrogens with zero attached hydrogens (tertiary/aromatic N) is 3. The molecule has 0 unspecified atom stereocenters. The first kappa shape index (κ1) is 12.2. The Hall–Kier alpha value is -1.84. The molecule has 0 aromatic carbocycles. The van der Waals surface area contributed by atoms with E-state index in [4.69, 9.17) is 0 Å². The molecule has 0 spiro atoms. The summed E-state index contributed by atoms with van der Waals surface area (Å²) >= 11 is 0. The van der Waals surface area contributed by atoms with Crippen molar-refractivity contribution in [1.29, 1.82) is 0 Å². The molecule has 1 fully saturated rings. The Kier molecular flexibility index (Phi) is 3.01. The SMILES string of the molecule is CC(C)CN(c1nc2ccccn2c1C=O)C1CC1. The first-order valence-electron chi connectivity index (χ1n) is 6.89. The van der Waals surface area contributed by atoms with Gasteiger partial charge in [0.25, 0.3) is 0 Å². The van der Waals surface area contributed by atoms with Crippen molar-refractivity contribution in [3.8, 4) is 0 Å². The van der Waals surface area contributed by atoms with Crippen molar-refractivity contribution in [2.75, 3.05) is 11.4 Å². The molecule has 0 amide bonds. The maximum Gasteiger partial charge on any atom is 0.170 e. The standard InChI is InChI=1S/C15H19N3O/c1-11(2)9-18(12-6-7-12)15-13(10-19)17-8-4-3-5-14(17)16-15/h3-5,8,10-12H,6-7,9H2,1-2H3. The summed E-state index contributed by atoms with van der Waals surface area (Å²) in [6.07, 6.45) is 5.23. The van der Waals surface area contributed by atoms with E-state index < -0.39 is 0 Å². The largest absolute Gasteiger partial charge is 0.351 e. The van der Waals surface area contributed by atoms with Crippen LogP contribution in [0.1, 0.15) is 37.2 Å². The van der Waals surface area contributed by atoms with Gasteiger partial charge in [0.2, 0.25) is 0 Å². The van der Waals surface area contributed by atoms with E-state index in [-0.39, 0.29) is 0 Å². The van der Waals surface area contributed by atoms with E-state index >= 15 is 0 Å². The molecule has 0 aliphatic heterocycles. The molecule has 3 rings (SSSR count). The summed E-state index contributed by atoms with van der Waals surface area (Å²) in [7, 11) is 0. The second kappa shape index (κ2) is 4.68. The van der Waals surface area contributed by atoms with Gasteiger partial charge in [-0.25, -0.2) is 4.98 Å². The number of carbonyl (C=O) groups is 1. The Morgan fingerprint density at radius 1 is 1.47 bits per heavy atom. The van der Waals surface area contributed by atoms with E-state index in [1.807, 2.05) is 28.8 Å². The lowest BCUT2D eigenvalue weighted by molar-refractivity contribution is 0.111. The summed E-state index contributed by atoms with van der Waals surface area (Å²) in [4.78, 5) is 18.4. The van der Waals surface area contributed by atoms with Gasteiger partial charge in [-0.1, -0.05) is 19.9 Å². The second-order valence-electron chi connectivity index (χ2n) is 5.64. The van der Waals surface area contributed by atoms with Crippen LogP contribution in [0, 0.1) is 5.92 Å². The molecule has 0 atom stereocenters. The lowest BCUT2D eigenvalue weighted by Crippen LogP contribution is -2.31. The van der Waals surface area contributed by atoms with E-state index in [0.717, 1.165) is 24.3 Å². The smallest absolute Gasteiger partial charge is 0.170 e. The van der Waals surface area contributed by atoms with Crippen LogP contribution in [0.25, 0.3) is 5.65 Å². The number of carbonyl (C=O) groups excluding carboxylic acids is 1. The first-order chi connectivity index (χ1) is 9.20. The second-order valence-corrected chi connectivity index (χ2v) is 5.64. The minimum Gasteiger partial charge on any atom is -0.351 e. The van der Waals surface area contributed by atoms with E-state index in [1.54, 1.807) is 0 Å². The van der Waals surface area contributed by atoms with Crippen molar-refractivity contribution in [1.82, 2.24) is 9.38 Å². The highest BCUT2D eigenvalue weighted by Crippen LogP contribution is 2.33. The number of aldehydes is 1. The minimum absolute atomic E-state index is 0.560. The molecule has 2 aromatic rings. The molecule has 1 aliphatic carbocycles. The minimum atomic E-state index is 0.560. The Morgan fingerprint density at radius 2 is 2.26 bits per heavy atom. The van der Waals surface area contributed by atoms with Gasteiger partial charge in [0.05, 0.1) is 0 Å². The number of imidazole rings is 1. The molecule has 1 aliphatic rings. The monoisotopic (exact) mass is 257 g/mol. The van der Waals surface area contributed by atoms with Crippen LogP contribution in [0.5, 0.6) is 0 Å². The third-order valence-electron chi connectivity index (χ3n) is 3.48. The van der Waals surface area contributed by atoms with Crippen LogP contribution in [0.3, 0.4) is 0 Å². The number of hydrogen-bond acceptors (Lipinski definition) is 3. The maximum absolute atomic E-state index is 11.4. The molecule has 1 saturated carbocycles. The van der Waals surface area contributed by atoms with Crippen LogP contribution < -0.4 is 4.90 Å². The summed E-state index contributed by atoms with van der Waals surface area (Å²) in [5.41, 5.74) is 1.51. The van der Waals surface area contributed by atoms with Crippen molar-refractivity contribution < 1.29 is 4.79 Å². The average molecular weight is 257 g/mol. The summed E-state index contributed by atoms with van der Waals surface area (Å²) in [5.74, 6) is 1.40. The molecule has 100 valence electrons. The van der Waals surface area contributed by atoms with Crippen molar-refractivity contribution in [3.63, 3.8) is 0 Å². The Balaban J connectivity index is 2.08. The summed E-state index contributed by atoms with van der Waals surface area (Å²) in [6, 6.07) is 6.38. The van der Waals surface area contributed by atoms with E-state index in [0.29, 0.717) is 17.7 Å². The Morgan fingerprint density at radius 3 is 2.89 bits per heavy atom. The Bertz CT molecular complexity index is 598. The molecule has 4 nitrogen and oxygen atoms in total. The van der Waals surface area contributed by atoms with Gasteiger partial charge in [-0.05, 0) is 30.9 Å². The van der Waals surface area contributed by atoms with Gasteiger partial charge in [0, 0.05) is 18.8 Å². The van der Waals surface area contributed by atoms with Crippen molar-refractivity contribution in [2.45, 2.75) is 32.7 Å². The normalized spacial score (nSPS) is 15.1. The molecule has 0 bridgehead atoms. The molecule has 0 radical (unpaired) electrons. The third kappa shape index (κ3) is 2.23. The van der Waals surface area contributed by atoms with Gasteiger partial charge in [0.1, 0.15) is 11.3 Å². The number of pyridine rings is 1. The van der Waals surface area contributed by atoms with Crippen molar-refractivity contribution >= 4 is 17.8 Å². The van der Waals surface area contributed by atoms with E-state index in [1.165, 1.54) is 12.8 Å². The zero-order valence-electron chi connectivity index (χ0n) is 11.4. The van der Waals surface area contributed by atoms with Gasteiger partial charge >= 0.3 is 0 Å². The van der Waals surface area contributed by atoms with Gasteiger partial charge in [-0.15, -0.1) is 0 Å². The first-order valence-corrected chi connectivity index (χ1v) is 6.89. The van der Waals surface area contributed by atoms with Crippen LogP contribution in [-0.2, 0) is 0 Å². The number of aromatic nitrogens is 2. The zero-order chi connectivity index (χ0) is 13.4. The molecule has 0 saturated heterocycles. The molecule has 0 N–H and O–H groups in total. The zero-order valence-corrected chi connectivity index (χ0v) is 11.4. The average Bonchev–Trinajstić information content (AvgIpc) is 3.16. The van der Waals surface area contributed by atoms with Crippen LogP contribution in [0.2, 0.25) is 0 Å². The highest BCUT2D eigenvalue weighted by molar-refractivity contribution is 5.83. The fourth-order valence-electron chi connectivity index (χ4n) is 2.51. The molecular formula is C15H19N3O. The molecule has 2 heterocycles. The fourth-order valence-corrected chi connectivity index (χ4v) is 2.51. The van der Waals surface area contributed by atoms with Gasteiger partial charge in [-0.3, -0.25) is 9.20 Å². The van der Waals surface area contributed by atoms with E-state index in [2.05, 4.69) is 23.7 Å². The lowest BCUT2D eigenvalue weighted by Gasteiger charge is -2.24. The van der Waals surface area contributed by atoms with Gasteiger partial charge < -0.3 is 4.90 Å². The number of hydrogen-bond donors (Lipinski definition) is 0. The van der Waals surface area contributed by atoms with Gasteiger partial charge in [0.15, 0.2) is 12.1 Å². The van der Waals surface area contributed by atoms with Crippen LogP contribution >= 0.6 is 0 Å². The topological polar surface area (TPSA) is 37.6 Å². The number of rotatable bonds is 5. The quantitative estimate of drug-likeness (QED) is 0.773. The van der Waals surface area contributed by atoms with Crippen LogP contribution in [0.15, 0.2) is 24.4 Å². The lowest BCUT2D eigenvalue weighted by atomic mass is 10.2. The fraction of sp³-hybridized carbons (Fsp3) is 0.467. The maximum atomic E-state index is 11.4. The Labute approximate surface area is 113 Å². The predicted molar refractivity (Wildman–Crippen MR) is 75.8 cm³/mol. The summed E-state index contributed by atoms with van der Waals surface area (Å²) < 4.78 is 1.87. The van der Waals surface area contributed by atoms with Crippen LogP contribution in [0.4, 0.5) is 5.82 Å². The molecule has 4 heteroatoms. The van der Waals surface area contributed by atoms with Crippen molar-refractivity contribution in [2.24, 2.45) is 5.92 Å². The van der Waals surface area contributed by atoms with Gasteiger partial charge in [-0.2, -0.15) is 0 Å². The predicted octanol–water partition coefficient (Wildman–Crippen LogP) is 2.77. The number of anilines is 1. The van der Waals surface area contributed by atoms with Crippen molar-refractivity contribution in [3.05, 3.63) is 30.1 Å². The highest BCUT2D eigenvalue weighted by Gasteiger charge is 2.32. The molecular weight excluding hydrogens is 238 g/mol. The van der Waals surface area contributed by atoms with Crippen LogP contribution in [-0.4, -0.2) is 28.3 Å². The summed E-state index contributed by atoms with van der Waals surface area (Å²) in [6.45, 7) is 5.35. The molecule has 19 heavy (non-hydrogen) atoms. The summed E-state index contributed by atoms with van der Waals surface area (Å²) in [5, 5.41) is 0. The third-order valence-corrected chi connectivity index (χ3v) is 3.48. The number of fused-ring (bicyclic) bond motifs is 1.